The number of benzene rings is 7. The van der Waals surface area contributed by atoms with Crippen LogP contribution >= 0.6 is 0 Å². The molecule has 0 radical (unpaired) electrons. The van der Waals surface area contributed by atoms with E-state index in [4.69, 9.17) is 9.97 Å². The summed E-state index contributed by atoms with van der Waals surface area (Å²) in [7, 11) is 0. The van der Waals surface area contributed by atoms with Gasteiger partial charge in [-0.2, -0.15) is 0 Å². The van der Waals surface area contributed by atoms with Crippen molar-refractivity contribution in [1.29, 1.82) is 0 Å². The van der Waals surface area contributed by atoms with Crippen molar-refractivity contribution in [3.05, 3.63) is 176 Å². The number of para-hydroxylation sites is 3. The first-order valence-corrected chi connectivity index (χ1v) is 15.9. The van der Waals surface area contributed by atoms with Crippen LogP contribution in [0.25, 0.3) is 83.3 Å². The third-order valence-electron chi connectivity index (χ3n) is 9.02. The maximum atomic E-state index is 5.20. The lowest BCUT2D eigenvalue weighted by Gasteiger charge is -2.14. The van der Waals surface area contributed by atoms with E-state index in [1.165, 1.54) is 21.9 Å². The molecule has 0 N–H and O–H groups in total. The van der Waals surface area contributed by atoms with Gasteiger partial charge in [-0.25, -0.2) is 9.97 Å². The fourth-order valence-corrected chi connectivity index (χ4v) is 6.77. The molecule has 0 amide bonds. The first kappa shape index (κ1) is 27.0. The van der Waals surface area contributed by atoms with E-state index in [2.05, 4.69) is 168 Å². The number of nitrogens with zero attached hydrogens (tertiary/aromatic N) is 3. The Balaban J connectivity index is 1.11. The summed E-state index contributed by atoms with van der Waals surface area (Å²) >= 11 is 0. The van der Waals surface area contributed by atoms with Crippen molar-refractivity contribution in [2.75, 3.05) is 0 Å². The van der Waals surface area contributed by atoms with Crippen molar-refractivity contribution >= 4 is 32.7 Å². The number of hydrogen-bond acceptors (Lipinski definition) is 2. The third kappa shape index (κ3) is 4.68. The number of imidazole rings is 1. The zero-order valence-electron chi connectivity index (χ0n) is 25.6. The van der Waals surface area contributed by atoms with Crippen LogP contribution in [0.5, 0.6) is 0 Å². The molecule has 9 rings (SSSR count). The second kappa shape index (κ2) is 11.2. The molecule has 0 saturated carbocycles. The van der Waals surface area contributed by atoms with Crippen molar-refractivity contribution in [3.63, 3.8) is 0 Å². The van der Waals surface area contributed by atoms with Gasteiger partial charge in [0.05, 0.1) is 22.2 Å². The van der Waals surface area contributed by atoms with Gasteiger partial charge in [-0.15, -0.1) is 0 Å². The molecular weight excluding hydrogens is 571 g/mol. The Bertz CT molecular complexity index is 2530. The summed E-state index contributed by atoms with van der Waals surface area (Å²) in [4.78, 5) is 10.2. The molecular formula is C44H29N3. The molecule has 220 valence electrons. The molecule has 47 heavy (non-hydrogen) atoms. The van der Waals surface area contributed by atoms with Crippen LogP contribution in [0.4, 0.5) is 0 Å². The summed E-state index contributed by atoms with van der Waals surface area (Å²) in [5, 5.41) is 3.56. The first-order chi connectivity index (χ1) is 23.3. The second-order valence-corrected chi connectivity index (χ2v) is 11.8. The highest BCUT2D eigenvalue weighted by Crippen LogP contribution is 2.39. The van der Waals surface area contributed by atoms with Crippen LogP contribution < -0.4 is 0 Å². The second-order valence-electron chi connectivity index (χ2n) is 11.8. The van der Waals surface area contributed by atoms with Crippen molar-refractivity contribution < 1.29 is 0 Å². The van der Waals surface area contributed by atoms with E-state index in [0.717, 1.165) is 61.4 Å². The predicted octanol–water partition coefficient (Wildman–Crippen LogP) is 11.4. The summed E-state index contributed by atoms with van der Waals surface area (Å²) in [5.41, 5.74) is 12.1. The first-order valence-electron chi connectivity index (χ1n) is 15.9. The van der Waals surface area contributed by atoms with Gasteiger partial charge >= 0.3 is 0 Å². The summed E-state index contributed by atoms with van der Waals surface area (Å²) in [5.74, 6) is 0.939. The molecule has 2 heterocycles. The Morgan fingerprint density at radius 1 is 0.362 bits per heavy atom. The number of fused-ring (bicyclic) bond motifs is 4. The van der Waals surface area contributed by atoms with E-state index in [1.54, 1.807) is 0 Å². The molecule has 3 heteroatoms. The molecule has 0 unspecified atom stereocenters. The molecule has 0 aliphatic carbocycles. The van der Waals surface area contributed by atoms with Gasteiger partial charge in [-0.05, 0) is 52.6 Å². The highest BCUT2D eigenvalue weighted by atomic mass is 15.1. The zero-order valence-corrected chi connectivity index (χ0v) is 25.6. The topological polar surface area (TPSA) is 30.7 Å². The van der Waals surface area contributed by atoms with Gasteiger partial charge in [0.1, 0.15) is 5.82 Å². The summed E-state index contributed by atoms with van der Waals surface area (Å²) in [6.45, 7) is 0. The fraction of sp³-hybridized carbons (Fsp3) is 0. The molecule has 0 saturated heterocycles. The summed E-state index contributed by atoms with van der Waals surface area (Å²) < 4.78 is 2.25. The molecule has 2 aromatic heterocycles. The third-order valence-corrected chi connectivity index (χ3v) is 9.02. The Kier molecular flexibility index (Phi) is 6.46. The van der Waals surface area contributed by atoms with Crippen molar-refractivity contribution in [3.8, 4) is 50.6 Å². The fourth-order valence-electron chi connectivity index (χ4n) is 6.77. The van der Waals surface area contributed by atoms with Gasteiger partial charge in [0.15, 0.2) is 0 Å². The molecule has 7 aromatic carbocycles. The smallest absolute Gasteiger partial charge is 0.145 e. The van der Waals surface area contributed by atoms with Gasteiger partial charge < -0.3 is 0 Å². The average Bonchev–Trinajstić information content (AvgIpc) is 3.55. The molecule has 0 fully saturated rings. The minimum absolute atomic E-state index is 0.939. The van der Waals surface area contributed by atoms with E-state index in [9.17, 15) is 0 Å². The molecule has 0 bridgehead atoms. The van der Waals surface area contributed by atoms with Crippen molar-refractivity contribution in [2.24, 2.45) is 0 Å². The van der Waals surface area contributed by atoms with E-state index >= 15 is 0 Å². The van der Waals surface area contributed by atoms with Gasteiger partial charge in [0.2, 0.25) is 0 Å². The number of aromatic nitrogens is 3. The van der Waals surface area contributed by atoms with Gasteiger partial charge in [-0.1, -0.05) is 146 Å². The van der Waals surface area contributed by atoms with Crippen LogP contribution in [0.2, 0.25) is 0 Å². The van der Waals surface area contributed by atoms with Crippen LogP contribution in [0, 0.1) is 0 Å². The lowest BCUT2D eigenvalue weighted by molar-refractivity contribution is 1.10. The average molecular weight is 600 g/mol. The molecule has 0 aliphatic heterocycles. The normalized spacial score (nSPS) is 11.4. The van der Waals surface area contributed by atoms with Crippen LogP contribution in [-0.2, 0) is 0 Å². The Morgan fingerprint density at radius 3 is 1.68 bits per heavy atom. The Labute approximate surface area is 273 Å². The summed E-state index contributed by atoms with van der Waals surface area (Å²) in [6.07, 6.45) is 0. The van der Waals surface area contributed by atoms with Gasteiger partial charge in [-0.3, -0.25) is 4.57 Å². The van der Waals surface area contributed by atoms with Crippen LogP contribution in [0.3, 0.4) is 0 Å². The van der Waals surface area contributed by atoms with Crippen LogP contribution in [0.1, 0.15) is 0 Å². The SMILES string of the molecule is c1ccc(-c2cccc3c(-c4ccc(-c5ccc(-n6c(-c7ccccc7)nc7ccccc76)cc5)cc4)nc4ccccc4c23)cc1. The maximum Gasteiger partial charge on any atom is 0.145 e. The van der Waals surface area contributed by atoms with E-state index < -0.39 is 0 Å². The minimum atomic E-state index is 0.939. The van der Waals surface area contributed by atoms with Crippen molar-refractivity contribution in [2.45, 2.75) is 0 Å². The highest BCUT2D eigenvalue weighted by Gasteiger charge is 2.16. The van der Waals surface area contributed by atoms with Crippen LogP contribution in [-0.4, -0.2) is 14.5 Å². The predicted molar refractivity (Wildman–Crippen MR) is 196 cm³/mol. The van der Waals surface area contributed by atoms with E-state index in [0.29, 0.717) is 0 Å². The van der Waals surface area contributed by atoms with E-state index in [-0.39, 0.29) is 0 Å². The van der Waals surface area contributed by atoms with Gasteiger partial charge in [0, 0.05) is 33.0 Å². The molecule has 9 aromatic rings. The Hall–Kier alpha value is -6.32. The standard InChI is InChI=1S/C44H29N3/c1-3-12-32(13-4-1)36-17-11-18-38-42(36)37-16-7-8-19-39(37)45-43(38)33-24-22-30(23-25-33)31-26-28-35(29-27-31)47-41-21-10-9-20-40(41)46-44(47)34-14-5-2-6-15-34/h1-29H. The molecule has 0 atom stereocenters. The lowest BCUT2D eigenvalue weighted by atomic mass is 9.92. The Morgan fingerprint density at radius 2 is 0.936 bits per heavy atom. The number of pyridine rings is 1. The van der Waals surface area contributed by atoms with E-state index in [1.807, 2.05) is 12.1 Å². The zero-order chi connectivity index (χ0) is 31.2. The monoisotopic (exact) mass is 599 g/mol. The highest BCUT2D eigenvalue weighted by molar-refractivity contribution is 6.17. The quantitative estimate of drug-likeness (QED) is 0.184. The van der Waals surface area contributed by atoms with Crippen LogP contribution in [0.15, 0.2) is 176 Å². The molecule has 0 aliphatic rings. The number of hydrogen-bond donors (Lipinski definition) is 0. The minimum Gasteiger partial charge on any atom is -0.292 e. The lowest BCUT2D eigenvalue weighted by Crippen LogP contribution is -1.97. The maximum absolute atomic E-state index is 5.20. The van der Waals surface area contributed by atoms with Gasteiger partial charge in [0.25, 0.3) is 0 Å². The van der Waals surface area contributed by atoms with Crippen molar-refractivity contribution in [1.82, 2.24) is 14.5 Å². The molecule has 0 spiro atoms. The molecule has 3 nitrogen and oxygen atoms in total. The summed E-state index contributed by atoms with van der Waals surface area (Å²) in [6, 6.07) is 62.0. The largest absolute Gasteiger partial charge is 0.292 e. The number of rotatable bonds is 5.